The maximum absolute atomic E-state index is 10.9. The Bertz CT molecular complexity index is 528. The summed E-state index contributed by atoms with van der Waals surface area (Å²) >= 11 is 3.14. The first-order valence-electron chi connectivity index (χ1n) is 4.92. The highest BCUT2D eigenvalue weighted by atomic mass is 79.9. The predicted octanol–water partition coefficient (Wildman–Crippen LogP) is 2.92. The van der Waals surface area contributed by atoms with E-state index in [0.29, 0.717) is 22.3 Å². The van der Waals surface area contributed by atoms with Crippen LogP contribution >= 0.6 is 15.9 Å². The summed E-state index contributed by atoms with van der Waals surface area (Å²) in [5.74, 6) is -1.21. The smallest absolute Gasteiger partial charge is 0.336 e. The Morgan fingerprint density at radius 3 is 2.67 bits per heavy atom. The van der Waals surface area contributed by atoms with Crippen LogP contribution in [-0.2, 0) is 0 Å². The van der Waals surface area contributed by atoms with Crippen molar-refractivity contribution in [3.63, 3.8) is 0 Å². The molecule has 0 unspecified atom stereocenters. The third-order valence-electron chi connectivity index (χ3n) is 2.29. The van der Waals surface area contributed by atoms with Gasteiger partial charge in [-0.3, -0.25) is 10.1 Å². The number of benzene rings is 1. The van der Waals surface area contributed by atoms with Gasteiger partial charge in [0.1, 0.15) is 0 Å². The van der Waals surface area contributed by atoms with E-state index in [9.17, 15) is 14.9 Å². The van der Waals surface area contributed by atoms with Crippen molar-refractivity contribution in [1.82, 2.24) is 0 Å². The van der Waals surface area contributed by atoms with Gasteiger partial charge in [-0.25, -0.2) is 4.79 Å². The Balaban J connectivity index is 3.26. The molecule has 1 aromatic carbocycles. The summed E-state index contributed by atoms with van der Waals surface area (Å²) in [6.45, 7) is 5.53. The van der Waals surface area contributed by atoms with Gasteiger partial charge in [0.2, 0.25) is 0 Å². The number of nitro groups is 1. The average Bonchev–Trinajstić information content (AvgIpc) is 2.26. The molecule has 96 valence electrons. The monoisotopic (exact) mass is 314 g/mol. The van der Waals surface area contributed by atoms with Gasteiger partial charge in [-0.1, -0.05) is 22.5 Å². The first-order chi connectivity index (χ1) is 8.32. The van der Waals surface area contributed by atoms with Gasteiger partial charge in [-0.15, -0.1) is 0 Å². The fourth-order valence-corrected chi connectivity index (χ4v) is 1.53. The third-order valence-corrected chi connectivity index (χ3v) is 2.57. The second kappa shape index (κ2) is 5.63. The summed E-state index contributed by atoms with van der Waals surface area (Å²) in [5, 5.41) is 22.6. The molecule has 7 heteroatoms. The summed E-state index contributed by atoms with van der Waals surface area (Å²) in [7, 11) is 0. The minimum Gasteiger partial charge on any atom is -0.478 e. The molecule has 0 radical (unpaired) electrons. The highest BCUT2D eigenvalue weighted by molar-refractivity contribution is 9.11. The lowest BCUT2D eigenvalue weighted by atomic mass is 10.1. The molecule has 0 spiro atoms. The van der Waals surface area contributed by atoms with Crippen LogP contribution in [0.15, 0.2) is 23.2 Å². The topological polar surface area (TPSA) is 92.5 Å². The first kappa shape index (κ1) is 14.2. The average molecular weight is 315 g/mol. The molecular weight excluding hydrogens is 304 g/mol. The molecule has 6 nitrogen and oxygen atoms in total. The molecule has 1 rings (SSSR count). The Labute approximate surface area is 112 Å². The lowest BCUT2D eigenvalue weighted by Gasteiger charge is -2.10. The fraction of sp³-hybridized carbons (Fsp3) is 0.182. The number of carboxylic acids is 1. The zero-order valence-corrected chi connectivity index (χ0v) is 11.2. The number of rotatable bonds is 5. The molecule has 0 saturated heterocycles. The predicted molar refractivity (Wildman–Crippen MR) is 71.3 cm³/mol. The van der Waals surface area contributed by atoms with Crippen molar-refractivity contribution in [2.45, 2.75) is 6.92 Å². The van der Waals surface area contributed by atoms with Crippen LogP contribution in [0.1, 0.15) is 15.9 Å². The summed E-state index contributed by atoms with van der Waals surface area (Å²) in [6.07, 6.45) is 0. The van der Waals surface area contributed by atoms with Crippen LogP contribution in [0.25, 0.3) is 0 Å². The molecule has 0 bridgehead atoms. The number of nitro benzene ring substituents is 1. The van der Waals surface area contributed by atoms with Crippen molar-refractivity contribution in [2.24, 2.45) is 0 Å². The number of nitrogens with zero attached hydrogens (tertiary/aromatic N) is 1. The summed E-state index contributed by atoms with van der Waals surface area (Å²) in [6, 6.07) is 2.41. The number of carboxylic acid groups (broad SMARTS) is 1. The standard InChI is InChI=1S/C11H11BrN2O4/c1-6(12)5-13-9-3-8(11(15)16)4-10(7(9)2)14(17)18/h3-4,13H,1,5H2,2H3,(H,15,16). The van der Waals surface area contributed by atoms with E-state index in [-0.39, 0.29) is 11.3 Å². The fourth-order valence-electron chi connectivity index (χ4n) is 1.39. The minimum atomic E-state index is -1.21. The summed E-state index contributed by atoms with van der Waals surface area (Å²) < 4.78 is 0.658. The molecule has 18 heavy (non-hydrogen) atoms. The van der Waals surface area contributed by atoms with E-state index in [2.05, 4.69) is 27.8 Å². The maximum atomic E-state index is 10.9. The van der Waals surface area contributed by atoms with Gasteiger partial charge in [0, 0.05) is 28.3 Å². The van der Waals surface area contributed by atoms with Crippen molar-refractivity contribution in [3.05, 3.63) is 44.4 Å². The van der Waals surface area contributed by atoms with E-state index >= 15 is 0 Å². The molecule has 0 fully saturated rings. The minimum absolute atomic E-state index is 0.130. The second-order valence-electron chi connectivity index (χ2n) is 3.60. The van der Waals surface area contributed by atoms with E-state index in [0.717, 1.165) is 6.07 Å². The molecule has 0 amide bonds. The Hall–Kier alpha value is -1.89. The van der Waals surface area contributed by atoms with E-state index in [4.69, 9.17) is 5.11 Å². The van der Waals surface area contributed by atoms with Crippen LogP contribution < -0.4 is 5.32 Å². The van der Waals surface area contributed by atoms with Crippen LogP contribution in [0, 0.1) is 17.0 Å². The van der Waals surface area contributed by atoms with Gasteiger partial charge >= 0.3 is 5.97 Å². The summed E-state index contributed by atoms with van der Waals surface area (Å²) in [5.41, 5.74) is 0.438. The number of anilines is 1. The zero-order valence-electron chi connectivity index (χ0n) is 9.57. The number of hydrogen-bond donors (Lipinski definition) is 2. The van der Waals surface area contributed by atoms with E-state index < -0.39 is 10.9 Å². The first-order valence-corrected chi connectivity index (χ1v) is 5.71. The van der Waals surface area contributed by atoms with Crippen molar-refractivity contribution in [1.29, 1.82) is 0 Å². The Morgan fingerprint density at radius 2 is 2.22 bits per heavy atom. The van der Waals surface area contributed by atoms with Gasteiger partial charge in [0.25, 0.3) is 5.69 Å². The molecule has 0 atom stereocenters. The van der Waals surface area contributed by atoms with Gasteiger partial charge in [-0.2, -0.15) is 0 Å². The third kappa shape index (κ3) is 3.30. The zero-order chi connectivity index (χ0) is 13.9. The van der Waals surface area contributed by atoms with E-state index in [1.54, 1.807) is 6.92 Å². The van der Waals surface area contributed by atoms with E-state index in [1.807, 2.05) is 0 Å². The quantitative estimate of drug-likeness (QED) is 0.644. The van der Waals surface area contributed by atoms with Crippen LogP contribution in [0.5, 0.6) is 0 Å². The van der Waals surface area contributed by atoms with Crippen molar-refractivity contribution >= 4 is 33.3 Å². The SMILES string of the molecule is C=C(Br)CNc1cc(C(=O)O)cc([N+](=O)[O-])c1C. The molecule has 0 aliphatic heterocycles. The Kier molecular flexibility index (Phi) is 4.43. The van der Waals surface area contributed by atoms with E-state index in [1.165, 1.54) is 6.07 Å². The highest BCUT2D eigenvalue weighted by Gasteiger charge is 2.18. The summed E-state index contributed by atoms with van der Waals surface area (Å²) in [4.78, 5) is 21.1. The number of halogens is 1. The highest BCUT2D eigenvalue weighted by Crippen LogP contribution is 2.28. The van der Waals surface area contributed by atoms with Gasteiger partial charge in [0.05, 0.1) is 10.5 Å². The molecule has 0 aliphatic carbocycles. The number of nitrogens with one attached hydrogen (secondary N) is 1. The van der Waals surface area contributed by atoms with Crippen molar-refractivity contribution in [3.8, 4) is 0 Å². The maximum Gasteiger partial charge on any atom is 0.336 e. The van der Waals surface area contributed by atoms with Crippen LogP contribution in [0.3, 0.4) is 0 Å². The lowest BCUT2D eigenvalue weighted by molar-refractivity contribution is -0.385. The molecule has 0 heterocycles. The number of carbonyl (C=O) groups is 1. The largest absolute Gasteiger partial charge is 0.478 e. The Morgan fingerprint density at radius 1 is 1.61 bits per heavy atom. The van der Waals surface area contributed by atoms with Crippen molar-refractivity contribution in [2.75, 3.05) is 11.9 Å². The number of aromatic carboxylic acids is 1. The lowest BCUT2D eigenvalue weighted by Crippen LogP contribution is -2.07. The van der Waals surface area contributed by atoms with Gasteiger partial charge in [-0.05, 0) is 13.0 Å². The molecule has 0 aromatic heterocycles. The van der Waals surface area contributed by atoms with Crippen LogP contribution in [0.4, 0.5) is 11.4 Å². The van der Waals surface area contributed by atoms with Crippen LogP contribution in [-0.4, -0.2) is 22.5 Å². The molecule has 0 aliphatic rings. The van der Waals surface area contributed by atoms with Gasteiger partial charge < -0.3 is 10.4 Å². The molecule has 2 N–H and O–H groups in total. The van der Waals surface area contributed by atoms with Gasteiger partial charge in [0.15, 0.2) is 0 Å². The normalized spacial score (nSPS) is 9.89. The molecular formula is C11H11BrN2O4. The van der Waals surface area contributed by atoms with Crippen molar-refractivity contribution < 1.29 is 14.8 Å². The molecule has 0 saturated carbocycles. The van der Waals surface area contributed by atoms with Crippen LogP contribution in [0.2, 0.25) is 0 Å². The second-order valence-corrected chi connectivity index (χ2v) is 4.72. The molecule has 1 aromatic rings. The number of hydrogen-bond acceptors (Lipinski definition) is 4.